The third kappa shape index (κ3) is 2.31. The molecule has 1 heterocycles. The van der Waals surface area contributed by atoms with Gasteiger partial charge in [-0.3, -0.25) is 9.78 Å². The Morgan fingerprint density at radius 2 is 2.16 bits per heavy atom. The number of rotatable bonds is 3. The molecule has 19 heavy (non-hydrogen) atoms. The van der Waals surface area contributed by atoms with E-state index in [1.54, 1.807) is 6.20 Å². The SMILES string of the molecule is NC1(CNC(=O)c2cccc3ncccc23)CCC1. The topological polar surface area (TPSA) is 68.0 Å². The molecule has 0 spiro atoms. The van der Waals surface area contributed by atoms with Gasteiger partial charge in [0.05, 0.1) is 5.52 Å². The Morgan fingerprint density at radius 1 is 1.32 bits per heavy atom. The summed E-state index contributed by atoms with van der Waals surface area (Å²) in [5.41, 5.74) is 7.41. The van der Waals surface area contributed by atoms with Crippen molar-refractivity contribution in [2.45, 2.75) is 24.8 Å². The summed E-state index contributed by atoms with van der Waals surface area (Å²) in [4.78, 5) is 16.5. The first kappa shape index (κ1) is 12.1. The molecule has 1 aromatic carbocycles. The van der Waals surface area contributed by atoms with E-state index in [4.69, 9.17) is 5.73 Å². The highest BCUT2D eigenvalue weighted by molar-refractivity contribution is 6.06. The Labute approximate surface area is 112 Å². The molecular weight excluding hydrogens is 238 g/mol. The highest BCUT2D eigenvalue weighted by Gasteiger charge is 2.32. The van der Waals surface area contributed by atoms with Crippen molar-refractivity contribution >= 4 is 16.8 Å². The number of hydrogen-bond donors (Lipinski definition) is 2. The molecule has 0 bridgehead atoms. The van der Waals surface area contributed by atoms with Gasteiger partial charge in [-0.2, -0.15) is 0 Å². The van der Waals surface area contributed by atoms with Crippen LogP contribution in [0.2, 0.25) is 0 Å². The van der Waals surface area contributed by atoms with Crippen LogP contribution in [0.3, 0.4) is 0 Å². The fourth-order valence-electron chi connectivity index (χ4n) is 2.46. The molecule has 0 aliphatic heterocycles. The molecule has 1 fully saturated rings. The standard InChI is InChI=1S/C15H17N3O/c16-15(7-3-8-15)10-18-14(19)12-4-1-6-13-11(12)5-2-9-17-13/h1-2,4-6,9H,3,7-8,10,16H2,(H,18,19). The van der Waals surface area contributed by atoms with Crippen molar-refractivity contribution in [3.05, 3.63) is 42.1 Å². The smallest absolute Gasteiger partial charge is 0.252 e. The van der Waals surface area contributed by atoms with Crippen LogP contribution >= 0.6 is 0 Å². The number of carbonyl (C=O) groups is 1. The molecule has 0 radical (unpaired) electrons. The lowest BCUT2D eigenvalue weighted by Crippen LogP contribution is -2.54. The summed E-state index contributed by atoms with van der Waals surface area (Å²) in [6.07, 6.45) is 4.87. The third-order valence-corrected chi connectivity index (χ3v) is 3.84. The quantitative estimate of drug-likeness (QED) is 0.879. The molecule has 1 aliphatic rings. The molecule has 0 saturated heterocycles. The summed E-state index contributed by atoms with van der Waals surface area (Å²) >= 11 is 0. The largest absolute Gasteiger partial charge is 0.350 e. The molecule has 0 atom stereocenters. The van der Waals surface area contributed by atoms with Gasteiger partial charge in [-0.15, -0.1) is 0 Å². The summed E-state index contributed by atoms with van der Waals surface area (Å²) < 4.78 is 0. The minimum atomic E-state index is -0.196. The maximum Gasteiger partial charge on any atom is 0.252 e. The van der Waals surface area contributed by atoms with Crippen LogP contribution in [0.1, 0.15) is 29.6 Å². The van der Waals surface area contributed by atoms with E-state index in [2.05, 4.69) is 10.3 Å². The molecule has 4 nitrogen and oxygen atoms in total. The van der Waals surface area contributed by atoms with Crippen molar-refractivity contribution in [1.82, 2.24) is 10.3 Å². The number of hydrogen-bond acceptors (Lipinski definition) is 3. The maximum absolute atomic E-state index is 12.3. The molecular formula is C15H17N3O. The van der Waals surface area contributed by atoms with E-state index in [1.165, 1.54) is 0 Å². The lowest BCUT2D eigenvalue weighted by Gasteiger charge is -2.38. The Morgan fingerprint density at radius 3 is 2.89 bits per heavy atom. The van der Waals surface area contributed by atoms with Crippen molar-refractivity contribution in [2.75, 3.05) is 6.54 Å². The van der Waals surface area contributed by atoms with Crippen molar-refractivity contribution < 1.29 is 4.79 Å². The van der Waals surface area contributed by atoms with E-state index in [-0.39, 0.29) is 11.4 Å². The zero-order valence-corrected chi connectivity index (χ0v) is 10.7. The summed E-state index contributed by atoms with van der Waals surface area (Å²) in [6.45, 7) is 0.544. The number of aromatic nitrogens is 1. The Hall–Kier alpha value is -1.94. The molecule has 1 saturated carbocycles. The van der Waals surface area contributed by atoms with E-state index in [9.17, 15) is 4.79 Å². The van der Waals surface area contributed by atoms with Crippen LogP contribution in [-0.2, 0) is 0 Å². The predicted molar refractivity (Wildman–Crippen MR) is 74.8 cm³/mol. The number of nitrogens with zero attached hydrogens (tertiary/aromatic N) is 1. The summed E-state index contributed by atoms with van der Waals surface area (Å²) in [5.74, 6) is -0.0738. The minimum absolute atomic E-state index is 0.0738. The highest BCUT2D eigenvalue weighted by Crippen LogP contribution is 2.28. The average molecular weight is 255 g/mol. The summed E-state index contributed by atoms with van der Waals surface area (Å²) in [5, 5.41) is 3.82. The Bertz CT molecular complexity index is 614. The maximum atomic E-state index is 12.3. The number of pyridine rings is 1. The van der Waals surface area contributed by atoms with Gasteiger partial charge >= 0.3 is 0 Å². The highest BCUT2D eigenvalue weighted by atomic mass is 16.1. The lowest BCUT2D eigenvalue weighted by atomic mass is 9.78. The normalized spacial score (nSPS) is 16.9. The van der Waals surface area contributed by atoms with Gasteiger partial charge in [0.15, 0.2) is 0 Å². The number of fused-ring (bicyclic) bond motifs is 1. The van der Waals surface area contributed by atoms with Crippen molar-refractivity contribution in [1.29, 1.82) is 0 Å². The van der Waals surface area contributed by atoms with Crippen LogP contribution in [0.5, 0.6) is 0 Å². The molecule has 0 unspecified atom stereocenters. The first-order valence-electron chi connectivity index (χ1n) is 6.59. The molecule has 3 N–H and O–H groups in total. The van der Waals surface area contributed by atoms with Gasteiger partial charge in [-0.05, 0) is 37.5 Å². The van der Waals surface area contributed by atoms with Crippen molar-refractivity contribution in [3.63, 3.8) is 0 Å². The van der Waals surface area contributed by atoms with Crippen molar-refractivity contribution in [2.24, 2.45) is 5.73 Å². The third-order valence-electron chi connectivity index (χ3n) is 3.84. The average Bonchev–Trinajstić information content (AvgIpc) is 2.42. The molecule has 3 rings (SSSR count). The van der Waals surface area contributed by atoms with Gasteiger partial charge < -0.3 is 11.1 Å². The van der Waals surface area contributed by atoms with Crippen LogP contribution in [-0.4, -0.2) is 23.0 Å². The minimum Gasteiger partial charge on any atom is -0.350 e. The lowest BCUT2D eigenvalue weighted by molar-refractivity contribution is 0.0931. The van der Waals surface area contributed by atoms with E-state index in [1.807, 2.05) is 30.3 Å². The predicted octanol–water partition coefficient (Wildman–Crippen LogP) is 1.85. The van der Waals surface area contributed by atoms with Crippen LogP contribution in [0.15, 0.2) is 36.5 Å². The second-order valence-electron chi connectivity index (χ2n) is 5.27. The van der Waals surface area contributed by atoms with Gasteiger partial charge in [0.2, 0.25) is 0 Å². The van der Waals surface area contributed by atoms with E-state index >= 15 is 0 Å². The monoisotopic (exact) mass is 255 g/mol. The van der Waals surface area contributed by atoms with Gasteiger partial charge in [0.25, 0.3) is 5.91 Å². The molecule has 1 aromatic heterocycles. The first-order chi connectivity index (χ1) is 9.18. The van der Waals surface area contributed by atoms with Gasteiger partial charge in [-0.1, -0.05) is 12.1 Å². The zero-order valence-electron chi connectivity index (χ0n) is 10.7. The van der Waals surface area contributed by atoms with Crippen LogP contribution in [0.25, 0.3) is 10.9 Å². The Kier molecular flexibility index (Phi) is 2.95. The van der Waals surface area contributed by atoms with E-state index in [0.29, 0.717) is 12.1 Å². The van der Waals surface area contributed by atoms with Crippen LogP contribution in [0, 0.1) is 0 Å². The van der Waals surface area contributed by atoms with E-state index < -0.39 is 0 Å². The van der Waals surface area contributed by atoms with Crippen molar-refractivity contribution in [3.8, 4) is 0 Å². The molecule has 2 aromatic rings. The number of nitrogens with one attached hydrogen (secondary N) is 1. The summed E-state index contributed by atoms with van der Waals surface area (Å²) in [6, 6.07) is 9.34. The van der Waals surface area contributed by atoms with Gasteiger partial charge in [0.1, 0.15) is 0 Å². The zero-order chi connectivity index (χ0) is 13.3. The molecule has 98 valence electrons. The molecule has 4 heteroatoms. The molecule has 1 amide bonds. The molecule has 1 aliphatic carbocycles. The fraction of sp³-hybridized carbons (Fsp3) is 0.333. The second-order valence-corrected chi connectivity index (χ2v) is 5.27. The van der Waals surface area contributed by atoms with Crippen LogP contribution < -0.4 is 11.1 Å². The second kappa shape index (κ2) is 4.63. The number of benzene rings is 1. The van der Waals surface area contributed by atoms with Gasteiger partial charge in [0, 0.05) is 29.2 Å². The number of carbonyl (C=O) groups excluding carboxylic acids is 1. The Balaban J connectivity index is 1.81. The number of amides is 1. The van der Waals surface area contributed by atoms with Gasteiger partial charge in [-0.25, -0.2) is 0 Å². The van der Waals surface area contributed by atoms with E-state index in [0.717, 1.165) is 30.2 Å². The van der Waals surface area contributed by atoms with Crippen LogP contribution in [0.4, 0.5) is 0 Å². The summed E-state index contributed by atoms with van der Waals surface area (Å²) in [7, 11) is 0. The first-order valence-corrected chi connectivity index (χ1v) is 6.59. The fourth-order valence-corrected chi connectivity index (χ4v) is 2.46. The number of nitrogens with two attached hydrogens (primary N) is 1.